The van der Waals surface area contributed by atoms with E-state index in [2.05, 4.69) is 0 Å². The number of aromatic hydroxyl groups is 3. The standard InChI is InChI=1S/C27H30O11/c1-26(2,3)24(32)36-12-34-15-10-18(30)20-19(11-15)38-22(14-7-8-16(28)17(29)9-14)23(21(20)31)35-13-37-25(33)27(4,5)6/h7-11,28-30H,12-13H2,1-6H3. The Morgan fingerprint density at radius 1 is 0.789 bits per heavy atom. The molecule has 3 rings (SSSR count). The van der Waals surface area contributed by atoms with Crippen LogP contribution in [-0.2, 0) is 19.1 Å². The number of hydrogen-bond acceptors (Lipinski definition) is 11. The normalized spacial score (nSPS) is 11.7. The van der Waals surface area contributed by atoms with Crippen LogP contribution in [0.4, 0.5) is 0 Å². The fourth-order valence-corrected chi connectivity index (χ4v) is 3.05. The van der Waals surface area contributed by atoms with Crippen LogP contribution < -0.4 is 14.9 Å². The molecule has 0 spiro atoms. The van der Waals surface area contributed by atoms with E-state index in [1.807, 2.05) is 0 Å². The minimum Gasteiger partial charge on any atom is -0.507 e. The van der Waals surface area contributed by atoms with Gasteiger partial charge in [-0.05, 0) is 59.7 Å². The molecule has 0 unspecified atom stereocenters. The van der Waals surface area contributed by atoms with E-state index in [4.69, 9.17) is 23.4 Å². The van der Waals surface area contributed by atoms with Crippen molar-refractivity contribution >= 4 is 22.9 Å². The smallest absolute Gasteiger partial charge is 0.314 e. The van der Waals surface area contributed by atoms with E-state index in [1.165, 1.54) is 18.2 Å². The highest BCUT2D eigenvalue weighted by Crippen LogP contribution is 2.38. The first-order chi connectivity index (χ1) is 17.6. The van der Waals surface area contributed by atoms with Crippen LogP contribution in [0.3, 0.4) is 0 Å². The first-order valence-corrected chi connectivity index (χ1v) is 11.6. The number of ether oxygens (including phenoxy) is 4. The summed E-state index contributed by atoms with van der Waals surface area (Å²) in [6, 6.07) is 6.12. The number of benzene rings is 2. The second kappa shape index (κ2) is 10.5. The van der Waals surface area contributed by atoms with Crippen LogP contribution in [-0.4, -0.2) is 40.8 Å². The minimum absolute atomic E-state index is 0.0344. The quantitative estimate of drug-likeness (QED) is 0.225. The summed E-state index contributed by atoms with van der Waals surface area (Å²) in [5, 5.41) is 30.0. The molecule has 0 aliphatic carbocycles. The first kappa shape index (κ1) is 28.2. The van der Waals surface area contributed by atoms with Crippen molar-refractivity contribution in [3.63, 3.8) is 0 Å². The van der Waals surface area contributed by atoms with Gasteiger partial charge in [0.05, 0.1) is 10.8 Å². The molecule has 2 aromatic carbocycles. The van der Waals surface area contributed by atoms with Crippen LogP contribution in [0.1, 0.15) is 41.5 Å². The van der Waals surface area contributed by atoms with E-state index < -0.39 is 64.8 Å². The lowest BCUT2D eigenvalue weighted by Gasteiger charge is -2.18. The van der Waals surface area contributed by atoms with Gasteiger partial charge in [-0.15, -0.1) is 0 Å². The summed E-state index contributed by atoms with van der Waals surface area (Å²) in [6.45, 7) is 8.88. The van der Waals surface area contributed by atoms with Gasteiger partial charge in [0.25, 0.3) is 0 Å². The molecule has 0 aliphatic heterocycles. The second-order valence-corrected chi connectivity index (χ2v) is 10.5. The maximum Gasteiger partial charge on any atom is 0.314 e. The largest absolute Gasteiger partial charge is 0.507 e. The van der Waals surface area contributed by atoms with Crippen LogP contribution in [0, 0.1) is 10.8 Å². The number of phenols is 3. The molecule has 1 aromatic heterocycles. The third-order valence-electron chi connectivity index (χ3n) is 5.18. The van der Waals surface area contributed by atoms with Crippen molar-refractivity contribution in [2.45, 2.75) is 41.5 Å². The van der Waals surface area contributed by atoms with Gasteiger partial charge in [-0.1, -0.05) is 0 Å². The van der Waals surface area contributed by atoms with Gasteiger partial charge >= 0.3 is 11.9 Å². The lowest BCUT2D eigenvalue weighted by atomic mass is 9.97. The fraction of sp³-hybridized carbons (Fsp3) is 0.370. The van der Waals surface area contributed by atoms with Crippen molar-refractivity contribution in [3.8, 4) is 40.1 Å². The lowest BCUT2D eigenvalue weighted by Crippen LogP contribution is -2.25. The molecule has 0 bridgehead atoms. The molecule has 0 radical (unpaired) electrons. The van der Waals surface area contributed by atoms with Crippen molar-refractivity contribution in [2.24, 2.45) is 10.8 Å². The van der Waals surface area contributed by atoms with Crippen LogP contribution >= 0.6 is 0 Å². The lowest BCUT2D eigenvalue weighted by molar-refractivity contribution is -0.160. The number of phenolic OH excluding ortho intramolecular Hbond substituents is 3. The van der Waals surface area contributed by atoms with Crippen LogP contribution in [0.5, 0.6) is 28.7 Å². The van der Waals surface area contributed by atoms with Gasteiger partial charge in [0.1, 0.15) is 22.5 Å². The Labute approximate surface area is 218 Å². The molecule has 1 heterocycles. The second-order valence-electron chi connectivity index (χ2n) is 10.5. The zero-order valence-corrected chi connectivity index (χ0v) is 21.9. The van der Waals surface area contributed by atoms with Gasteiger partial charge in [0, 0.05) is 17.7 Å². The molecule has 0 fully saturated rings. The number of hydrogen-bond donors (Lipinski definition) is 3. The molecular formula is C27H30O11. The average molecular weight is 531 g/mol. The monoisotopic (exact) mass is 530 g/mol. The van der Waals surface area contributed by atoms with E-state index >= 15 is 0 Å². The van der Waals surface area contributed by atoms with E-state index in [0.717, 1.165) is 12.1 Å². The van der Waals surface area contributed by atoms with Crippen LogP contribution in [0.2, 0.25) is 0 Å². The number of carbonyl (C=O) groups excluding carboxylic acids is 2. The number of esters is 2. The summed E-state index contributed by atoms with van der Waals surface area (Å²) in [4.78, 5) is 37.5. The van der Waals surface area contributed by atoms with Crippen LogP contribution in [0.25, 0.3) is 22.3 Å². The first-order valence-electron chi connectivity index (χ1n) is 11.6. The zero-order chi connectivity index (χ0) is 28.4. The third kappa shape index (κ3) is 6.28. The predicted octanol–water partition coefficient (Wildman–Crippen LogP) is 4.43. The molecule has 0 saturated heterocycles. The molecule has 0 saturated carbocycles. The van der Waals surface area contributed by atoms with E-state index in [9.17, 15) is 29.7 Å². The Kier molecular flexibility index (Phi) is 7.80. The van der Waals surface area contributed by atoms with Crippen molar-refractivity contribution in [1.29, 1.82) is 0 Å². The Morgan fingerprint density at radius 3 is 1.92 bits per heavy atom. The number of carbonyl (C=O) groups is 2. The Morgan fingerprint density at radius 2 is 1.37 bits per heavy atom. The molecule has 11 heteroatoms. The summed E-state index contributed by atoms with van der Waals surface area (Å²) in [5.41, 5.74) is -2.35. The Balaban J connectivity index is 2.04. The Hall–Kier alpha value is -4.41. The van der Waals surface area contributed by atoms with E-state index in [0.29, 0.717) is 0 Å². The minimum atomic E-state index is -0.821. The van der Waals surface area contributed by atoms with Crippen molar-refractivity contribution in [2.75, 3.05) is 13.6 Å². The molecule has 3 aromatic rings. The summed E-state index contributed by atoms with van der Waals surface area (Å²) in [7, 11) is 0. The van der Waals surface area contributed by atoms with Gasteiger partial charge in [-0.2, -0.15) is 0 Å². The van der Waals surface area contributed by atoms with Crippen LogP contribution in [0.15, 0.2) is 39.5 Å². The molecule has 11 nitrogen and oxygen atoms in total. The topological polar surface area (TPSA) is 162 Å². The van der Waals surface area contributed by atoms with Crippen molar-refractivity contribution < 1.29 is 48.3 Å². The Bertz CT molecular complexity index is 1420. The van der Waals surface area contributed by atoms with E-state index in [-0.39, 0.29) is 28.0 Å². The van der Waals surface area contributed by atoms with Gasteiger partial charge < -0.3 is 38.7 Å². The zero-order valence-electron chi connectivity index (χ0n) is 21.9. The summed E-state index contributed by atoms with van der Waals surface area (Å²) < 4.78 is 26.9. The summed E-state index contributed by atoms with van der Waals surface area (Å²) >= 11 is 0. The third-order valence-corrected chi connectivity index (χ3v) is 5.18. The molecule has 0 atom stereocenters. The summed E-state index contributed by atoms with van der Waals surface area (Å²) in [5.74, 6) is -3.04. The highest BCUT2D eigenvalue weighted by Gasteiger charge is 2.26. The maximum atomic E-state index is 13.4. The molecule has 3 N–H and O–H groups in total. The molecule has 38 heavy (non-hydrogen) atoms. The summed E-state index contributed by atoms with van der Waals surface area (Å²) in [6.07, 6.45) is 0. The molecule has 0 amide bonds. The fourth-order valence-electron chi connectivity index (χ4n) is 3.05. The highest BCUT2D eigenvalue weighted by molar-refractivity contribution is 5.88. The van der Waals surface area contributed by atoms with Gasteiger partial charge in [0.15, 0.2) is 17.3 Å². The SMILES string of the molecule is CC(C)(C)C(=O)OCOc1cc(O)c2c(=O)c(OCOC(=O)C(C)(C)C)c(-c3ccc(O)c(O)c3)oc2c1. The molecular weight excluding hydrogens is 500 g/mol. The van der Waals surface area contributed by atoms with E-state index in [1.54, 1.807) is 41.5 Å². The van der Waals surface area contributed by atoms with Gasteiger partial charge in [-0.3, -0.25) is 14.4 Å². The average Bonchev–Trinajstić information content (AvgIpc) is 2.80. The number of fused-ring (bicyclic) bond motifs is 1. The molecule has 0 aliphatic rings. The molecule has 204 valence electrons. The van der Waals surface area contributed by atoms with Gasteiger partial charge in [0.2, 0.25) is 24.8 Å². The predicted molar refractivity (Wildman–Crippen MR) is 135 cm³/mol. The van der Waals surface area contributed by atoms with Crippen molar-refractivity contribution in [1.82, 2.24) is 0 Å². The highest BCUT2D eigenvalue weighted by atomic mass is 16.7. The van der Waals surface area contributed by atoms with Crippen molar-refractivity contribution in [3.05, 3.63) is 40.6 Å². The maximum absolute atomic E-state index is 13.4. The van der Waals surface area contributed by atoms with Gasteiger partial charge in [-0.25, -0.2) is 0 Å². The number of rotatable bonds is 7.